The lowest BCUT2D eigenvalue weighted by atomic mass is 10.2. The van der Waals surface area contributed by atoms with Gasteiger partial charge in [-0.3, -0.25) is 4.79 Å². The van der Waals surface area contributed by atoms with Crippen LogP contribution in [0.4, 0.5) is 4.79 Å². The second-order valence-corrected chi connectivity index (χ2v) is 3.11. The van der Waals surface area contributed by atoms with Crippen LogP contribution in [0.3, 0.4) is 0 Å². The first-order chi connectivity index (χ1) is 6.57. The van der Waals surface area contributed by atoms with Crippen LogP contribution >= 0.6 is 0 Å². The fourth-order valence-corrected chi connectivity index (χ4v) is 0.706. The van der Waals surface area contributed by atoms with Crippen LogP contribution in [-0.2, 0) is 9.53 Å². The van der Waals surface area contributed by atoms with E-state index in [4.69, 9.17) is 4.74 Å². The maximum Gasteiger partial charge on any atom is 0.314 e. The third-order valence-electron chi connectivity index (χ3n) is 1.44. The maximum absolute atomic E-state index is 11.0. The van der Waals surface area contributed by atoms with Crippen molar-refractivity contribution in [2.45, 2.75) is 20.8 Å². The molecule has 14 heavy (non-hydrogen) atoms. The zero-order valence-electron chi connectivity index (χ0n) is 8.92. The number of carbonyl (C=O) groups is 2. The standard InChI is InChI=1S/C9H18N2O3/c1-4-10-9(13)11-5-6-14-8(12)7(2)3/h7H,4-6H2,1-3H3,(H2,10,11,13). The van der Waals surface area contributed by atoms with Gasteiger partial charge in [-0.1, -0.05) is 13.8 Å². The van der Waals surface area contributed by atoms with E-state index in [0.29, 0.717) is 13.1 Å². The highest BCUT2D eigenvalue weighted by atomic mass is 16.5. The quantitative estimate of drug-likeness (QED) is 0.504. The average molecular weight is 202 g/mol. The van der Waals surface area contributed by atoms with Crippen molar-refractivity contribution in [3.8, 4) is 0 Å². The first-order valence-electron chi connectivity index (χ1n) is 4.76. The van der Waals surface area contributed by atoms with E-state index in [-0.39, 0.29) is 24.5 Å². The Bertz CT molecular complexity index is 192. The van der Waals surface area contributed by atoms with Gasteiger partial charge in [0.05, 0.1) is 12.5 Å². The van der Waals surface area contributed by atoms with E-state index in [2.05, 4.69) is 10.6 Å². The van der Waals surface area contributed by atoms with Gasteiger partial charge in [0.2, 0.25) is 0 Å². The molecule has 5 heteroatoms. The van der Waals surface area contributed by atoms with E-state index >= 15 is 0 Å². The molecule has 0 saturated carbocycles. The van der Waals surface area contributed by atoms with Gasteiger partial charge in [-0.2, -0.15) is 0 Å². The molecule has 0 aromatic rings. The van der Waals surface area contributed by atoms with Gasteiger partial charge in [0.1, 0.15) is 6.61 Å². The van der Waals surface area contributed by atoms with Crippen LogP contribution in [0, 0.1) is 5.92 Å². The topological polar surface area (TPSA) is 67.4 Å². The molecule has 0 heterocycles. The van der Waals surface area contributed by atoms with Gasteiger partial charge in [-0.15, -0.1) is 0 Å². The van der Waals surface area contributed by atoms with Gasteiger partial charge in [0.15, 0.2) is 0 Å². The van der Waals surface area contributed by atoms with Crippen molar-refractivity contribution in [2.24, 2.45) is 5.92 Å². The fourth-order valence-electron chi connectivity index (χ4n) is 0.706. The number of urea groups is 1. The second kappa shape index (κ2) is 7.17. The Balaban J connectivity index is 3.38. The number of ether oxygens (including phenoxy) is 1. The Morgan fingerprint density at radius 1 is 1.29 bits per heavy atom. The molecule has 0 aliphatic heterocycles. The highest BCUT2D eigenvalue weighted by Gasteiger charge is 2.07. The minimum Gasteiger partial charge on any atom is -0.464 e. The first-order valence-corrected chi connectivity index (χ1v) is 4.76. The summed E-state index contributed by atoms with van der Waals surface area (Å²) in [6.45, 7) is 6.49. The van der Waals surface area contributed by atoms with Gasteiger partial charge in [-0.25, -0.2) is 4.79 Å². The number of carbonyl (C=O) groups excluding carboxylic acids is 2. The number of nitrogens with one attached hydrogen (secondary N) is 2. The Kier molecular flexibility index (Phi) is 6.53. The van der Waals surface area contributed by atoms with Crippen molar-refractivity contribution in [3.63, 3.8) is 0 Å². The number of hydrogen-bond donors (Lipinski definition) is 2. The molecule has 2 amide bonds. The molecule has 0 spiro atoms. The van der Waals surface area contributed by atoms with Crippen molar-refractivity contribution in [2.75, 3.05) is 19.7 Å². The Labute approximate surface area is 84.2 Å². The molecule has 0 radical (unpaired) electrons. The van der Waals surface area contributed by atoms with Gasteiger partial charge >= 0.3 is 12.0 Å². The molecule has 0 bridgehead atoms. The third-order valence-corrected chi connectivity index (χ3v) is 1.44. The largest absolute Gasteiger partial charge is 0.464 e. The van der Waals surface area contributed by atoms with Gasteiger partial charge in [-0.05, 0) is 6.92 Å². The van der Waals surface area contributed by atoms with Gasteiger partial charge < -0.3 is 15.4 Å². The van der Waals surface area contributed by atoms with E-state index in [1.54, 1.807) is 13.8 Å². The van der Waals surface area contributed by atoms with E-state index in [1.807, 2.05) is 6.92 Å². The molecule has 0 aromatic heterocycles. The lowest BCUT2D eigenvalue weighted by Gasteiger charge is -2.08. The third kappa shape index (κ3) is 6.28. The summed E-state index contributed by atoms with van der Waals surface area (Å²) < 4.78 is 4.85. The molecule has 0 unspecified atom stereocenters. The fraction of sp³-hybridized carbons (Fsp3) is 0.778. The number of esters is 1. The highest BCUT2D eigenvalue weighted by Crippen LogP contribution is 1.94. The van der Waals surface area contributed by atoms with Crippen molar-refractivity contribution < 1.29 is 14.3 Å². The summed E-state index contributed by atoms with van der Waals surface area (Å²) in [5, 5.41) is 5.12. The molecular weight excluding hydrogens is 184 g/mol. The van der Waals surface area contributed by atoms with E-state index in [9.17, 15) is 9.59 Å². The molecule has 5 nitrogen and oxygen atoms in total. The van der Waals surface area contributed by atoms with Gasteiger partial charge in [0, 0.05) is 6.54 Å². The summed E-state index contributed by atoms with van der Waals surface area (Å²) in [6.07, 6.45) is 0. The van der Waals surface area contributed by atoms with Crippen LogP contribution in [0.5, 0.6) is 0 Å². The Hall–Kier alpha value is -1.26. The number of hydrogen-bond acceptors (Lipinski definition) is 3. The summed E-state index contributed by atoms with van der Waals surface area (Å²) in [7, 11) is 0. The number of amides is 2. The average Bonchev–Trinajstić information content (AvgIpc) is 2.12. The van der Waals surface area contributed by atoms with E-state index in [1.165, 1.54) is 0 Å². The molecule has 0 rings (SSSR count). The predicted molar refractivity (Wildman–Crippen MR) is 52.9 cm³/mol. The molecule has 0 aliphatic rings. The predicted octanol–water partition coefficient (Wildman–Crippen LogP) is 0.505. The van der Waals surface area contributed by atoms with Crippen molar-refractivity contribution in [3.05, 3.63) is 0 Å². The molecule has 0 fully saturated rings. The summed E-state index contributed by atoms with van der Waals surface area (Å²) in [5.41, 5.74) is 0. The molecule has 2 N–H and O–H groups in total. The minimum atomic E-state index is -0.248. The van der Waals surface area contributed by atoms with Gasteiger partial charge in [0.25, 0.3) is 0 Å². The molecule has 0 aromatic carbocycles. The SMILES string of the molecule is CCNC(=O)NCCOC(=O)C(C)C. The summed E-state index contributed by atoms with van der Waals surface area (Å²) >= 11 is 0. The normalized spacial score (nSPS) is 9.71. The van der Waals surface area contributed by atoms with Crippen molar-refractivity contribution in [1.82, 2.24) is 10.6 Å². The lowest BCUT2D eigenvalue weighted by Crippen LogP contribution is -2.37. The highest BCUT2D eigenvalue weighted by molar-refractivity contribution is 5.74. The van der Waals surface area contributed by atoms with Crippen molar-refractivity contribution >= 4 is 12.0 Å². The monoisotopic (exact) mass is 202 g/mol. The smallest absolute Gasteiger partial charge is 0.314 e. The zero-order chi connectivity index (χ0) is 11.0. The molecule has 0 atom stereocenters. The van der Waals surface area contributed by atoms with Crippen LogP contribution in [0.1, 0.15) is 20.8 Å². The Morgan fingerprint density at radius 3 is 2.43 bits per heavy atom. The van der Waals surface area contributed by atoms with E-state index in [0.717, 1.165) is 0 Å². The molecular formula is C9H18N2O3. The summed E-state index contributed by atoms with van der Waals surface area (Å²) in [5.74, 6) is -0.373. The minimum absolute atomic E-state index is 0.125. The van der Waals surface area contributed by atoms with Crippen LogP contribution in [0.25, 0.3) is 0 Å². The lowest BCUT2D eigenvalue weighted by molar-refractivity contribution is -0.147. The van der Waals surface area contributed by atoms with Crippen molar-refractivity contribution in [1.29, 1.82) is 0 Å². The van der Waals surface area contributed by atoms with Crippen LogP contribution in [0.2, 0.25) is 0 Å². The van der Waals surface area contributed by atoms with Crippen LogP contribution in [-0.4, -0.2) is 31.7 Å². The van der Waals surface area contributed by atoms with Crippen LogP contribution in [0.15, 0.2) is 0 Å². The second-order valence-electron chi connectivity index (χ2n) is 3.11. The van der Waals surface area contributed by atoms with E-state index < -0.39 is 0 Å². The van der Waals surface area contributed by atoms with Crippen LogP contribution < -0.4 is 10.6 Å². The summed E-state index contributed by atoms with van der Waals surface area (Å²) in [6, 6.07) is -0.243. The number of rotatable bonds is 5. The Morgan fingerprint density at radius 2 is 1.93 bits per heavy atom. The maximum atomic E-state index is 11.0. The molecule has 0 aliphatic carbocycles. The zero-order valence-corrected chi connectivity index (χ0v) is 8.92. The molecule has 82 valence electrons. The molecule has 0 saturated heterocycles. The first kappa shape index (κ1) is 12.7. The summed E-state index contributed by atoms with van der Waals surface area (Å²) in [4.78, 5) is 21.8.